The molecule has 2 fully saturated rings. The number of carbonyl (C=O) groups is 3. The van der Waals surface area contributed by atoms with Crippen molar-refractivity contribution >= 4 is 52.5 Å². The lowest BCUT2D eigenvalue weighted by molar-refractivity contribution is -0.0458. The predicted octanol–water partition coefficient (Wildman–Crippen LogP) is 10.5. The fraction of sp³-hybridized carbons (Fsp3) is 0.264. The van der Waals surface area contributed by atoms with E-state index < -0.39 is 6.03 Å². The zero-order valence-corrected chi connectivity index (χ0v) is 40.2. The van der Waals surface area contributed by atoms with E-state index in [9.17, 15) is 14.4 Å². The zero-order chi connectivity index (χ0) is 49.4. The van der Waals surface area contributed by atoms with Crippen LogP contribution >= 0.6 is 11.6 Å². The number of anilines is 4. The van der Waals surface area contributed by atoms with Crippen LogP contribution in [0.3, 0.4) is 0 Å². The molecule has 0 spiro atoms. The Balaban J connectivity index is 0.000000200. The van der Waals surface area contributed by atoms with Gasteiger partial charge >= 0.3 is 18.2 Å². The van der Waals surface area contributed by atoms with Gasteiger partial charge < -0.3 is 49.9 Å². The Morgan fingerprint density at radius 2 is 1.14 bits per heavy atom. The van der Waals surface area contributed by atoms with Crippen LogP contribution in [0.25, 0.3) is 22.5 Å². The summed E-state index contributed by atoms with van der Waals surface area (Å²) in [4.78, 5) is 39.3. The number of aryl methyl sites for hydroxylation is 2. The molecule has 2 unspecified atom stereocenters. The van der Waals surface area contributed by atoms with Gasteiger partial charge in [0.15, 0.2) is 0 Å². The molecule has 71 heavy (non-hydrogen) atoms. The van der Waals surface area contributed by atoms with E-state index in [0.717, 1.165) is 59.0 Å². The molecule has 0 radical (unpaired) electrons. The standard InChI is InChI=1S/C30H30ClN5O5.C23H26N4O3/c1-35-27(13-14-32-35)26-17-24(34-29(37)33-23-9-7-22(31)8-10-23)11-12-28(26)40-20-25-18-36(15-16-39-25)30(38)41-19-21-5-3-2-4-6-21;1-27-21(12-13-24-27)20-15-18(26-23(28)25-17-7-3-2-4-8-17)10-11-22(20)30-16-19-9-5-6-14-29-19/h2-14,17,25H,15-16,18-20H2,1H3,(H2,33,34,37);2-4,7-8,10-13,15,19H,5-6,9,14,16H2,1H3,(H2,25,26,28). The molecular formula is C53H56ClN9O8. The maximum atomic E-state index is 12.6. The van der Waals surface area contributed by atoms with E-state index in [1.807, 2.05) is 111 Å². The van der Waals surface area contributed by atoms with E-state index in [2.05, 4.69) is 31.5 Å². The van der Waals surface area contributed by atoms with Crippen molar-refractivity contribution in [2.45, 2.75) is 38.1 Å². The van der Waals surface area contributed by atoms with Gasteiger partial charge in [-0.3, -0.25) is 9.36 Å². The minimum absolute atomic E-state index is 0.118. The van der Waals surface area contributed by atoms with E-state index in [0.29, 0.717) is 54.1 Å². The molecule has 2 aliphatic heterocycles. The number of amides is 5. The number of morpholine rings is 1. The lowest BCUT2D eigenvalue weighted by Crippen LogP contribution is -2.47. The molecule has 5 aromatic carbocycles. The van der Waals surface area contributed by atoms with Crippen LogP contribution in [-0.2, 0) is 34.9 Å². The highest BCUT2D eigenvalue weighted by Crippen LogP contribution is 2.35. The largest absolute Gasteiger partial charge is 0.490 e. The van der Waals surface area contributed by atoms with E-state index >= 15 is 0 Å². The van der Waals surface area contributed by atoms with Gasteiger partial charge in [-0.15, -0.1) is 0 Å². The molecule has 4 heterocycles. The SMILES string of the molecule is Cn1nccc1-c1cc(NC(=O)Nc2ccc(Cl)cc2)ccc1OCC1CN(C(=O)OCc2ccccc2)CCO1.Cn1nccc1-c1cc(NC(=O)Nc2ccccc2)ccc1OCC1CCCCO1. The summed E-state index contributed by atoms with van der Waals surface area (Å²) in [5, 5.41) is 20.5. The number of carbonyl (C=O) groups excluding carboxylic acids is 3. The summed E-state index contributed by atoms with van der Waals surface area (Å²) in [6.45, 7) is 2.91. The van der Waals surface area contributed by atoms with Gasteiger partial charge in [0.1, 0.15) is 37.4 Å². The summed E-state index contributed by atoms with van der Waals surface area (Å²) in [6.07, 6.45) is 6.12. The first kappa shape index (κ1) is 49.6. The highest BCUT2D eigenvalue weighted by Gasteiger charge is 2.27. The second-order valence-corrected chi connectivity index (χ2v) is 17.2. The Morgan fingerprint density at radius 3 is 1.69 bits per heavy atom. The lowest BCUT2D eigenvalue weighted by Gasteiger charge is -2.32. The van der Waals surface area contributed by atoms with E-state index in [4.69, 9.17) is 35.3 Å². The first-order valence-electron chi connectivity index (χ1n) is 23.3. The number of halogens is 1. The van der Waals surface area contributed by atoms with Gasteiger partial charge in [-0.25, -0.2) is 14.4 Å². The average Bonchev–Trinajstić information content (AvgIpc) is 4.03. The predicted molar refractivity (Wildman–Crippen MR) is 273 cm³/mol. The molecular weight excluding hydrogens is 926 g/mol. The Labute approximate surface area is 417 Å². The molecule has 7 aromatic rings. The van der Waals surface area contributed by atoms with Crippen LogP contribution in [0.2, 0.25) is 5.02 Å². The third kappa shape index (κ3) is 14.4. The molecule has 368 valence electrons. The smallest absolute Gasteiger partial charge is 0.410 e. The summed E-state index contributed by atoms with van der Waals surface area (Å²) in [5.74, 6) is 1.33. The Hall–Kier alpha value is -7.86. The summed E-state index contributed by atoms with van der Waals surface area (Å²) in [7, 11) is 3.71. The normalized spacial score (nSPS) is 15.3. The van der Waals surface area contributed by atoms with Gasteiger partial charge in [0.05, 0.1) is 30.6 Å². The molecule has 2 atom stereocenters. The number of rotatable bonds is 14. The molecule has 5 amide bonds. The van der Waals surface area contributed by atoms with Crippen molar-refractivity contribution in [3.8, 4) is 34.0 Å². The van der Waals surface area contributed by atoms with Crippen LogP contribution in [0.5, 0.6) is 11.5 Å². The summed E-state index contributed by atoms with van der Waals surface area (Å²) < 4.78 is 33.0. The van der Waals surface area contributed by atoms with Crippen molar-refractivity contribution in [2.24, 2.45) is 14.1 Å². The first-order valence-corrected chi connectivity index (χ1v) is 23.7. The minimum Gasteiger partial charge on any atom is -0.490 e. The molecule has 2 aliphatic rings. The highest BCUT2D eigenvalue weighted by atomic mass is 35.5. The second-order valence-electron chi connectivity index (χ2n) is 16.7. The zero-order valence-electron chi connectivity index (χ0n) is 39.5. The number of hydrogen-bond acceptors (Lipinski definition) is 10. The fourth-order valence-electron chi connectivity index (χ4n) is 7.89. The van der Waals surface area contributed by atoms with E-state index in [-0.39, 0.29) is 37.5 Å². The minimum atomic E-state index is -0.396. The molecule has 0 aliphatic carbocycles. The molecule has 0 bridgehead atoms. The van der Waals surface area contributed by atoms with Crippen LogP contribution in [0.15, 0.2) is 146 Å². The number of nitrogens with zero attached hydrogens (tertiary/aromatic N) is 5. The molecule has 18 heteroatoms. The van der Waals surface area contributed by atoms with Crippen molar-refractivity contribution in [3.63, 3.8) is 0 Å². The Bertz CT molecular complexity index is 2840. The molecule has 2 saturated heterocycles. The van der Waals surface area contributed by atoms with Crippen molar-refractivity contribution in [1.82, 2.24) is 24.5 Å². The van der Waals surface area contributed by atoms with Crippen molar-refractivity contribution in [1.29, 1.82) is 0 Å². The molecule has 0 saturated carbocycles. The Kier molecular flexibility index (Phi) is 17.2. The number of hydrogen-bond donors (Lipinski definition) is 4. The van der Waals surface area contributed by atoms with Crippen LogP contribution in [-0.4, -0.2) is 94.3 Å². The quantitative estimate of drug-likeness (QED) is 0.0818. The third-order valence-electron chi connectivity index (χ3n) is 11.5. The second kappa shape index (κ2) is 24.6. The van der Waals surface area contributed by atoms with Crippen LogP contribution < -0.4 is 30.7 Å². The van der Waals surface area contributed by atoms with Crippen molar-refractivity contribution < 1.29 is 38.1 Å². The highest BCUT2D eigenvalue weighted by molar-refractivity contribution is 6.30. The number of urea groups is 2. The van der Waals surface area contributed by atoms with Gasteiger partial charge in [0.2, 0.25) is 0 Å². The molecule has 9 rings (SSSR count). The molecule has 2 aromatic heterocycles. The van der Waals surface area contributed by atoms with Gasteiger partial charge in [-0.1, -0.05) is 60.1 Å². The van der Waals surface area contributed by atoms with Gasteiger partial charge in [0.25, 0.3) is 0 Å². The number of aromatic nitrogens is 4. The topological polar surface area (TPSA) is 184 Å². The number of benzene rings is 5. The van der Waals surface area contributed by atoms with Gasteiger partial charge in [0, 0.05) is 78.5 Å². The summed E-state index contributed by atoms with van der Waals surface area (Å²) in [5.41, 5.74) is 6.82. The lowest BCUT2D eigenvalue weighted by atomic mass is 10.1. The third-order valence-corrected chi connectivity index (χ3v) is 11.8. The van der Waals surface area contributed by atoms with Crippen molar-refractivity contribution in [3.05, 3.63) is 156 Å². The summed E-state index contributed by atoms with van der Waals surface area (Å²) in [6, 6.07) is 39.8. The van der Waals surface area contributed by atoms with Crippen LogP contribution in [0.1, 0.15) is 24.8 Å². The van der Waals surface area contributed by atoms with Crippen LogP contribution in [0.4, 0.5) is 37.1 Å². The fourth-order valence-corrected chi connectivity index (χ4v) is 8.01. The number of ether oxygens (including phenoxy) is 5. The molecule has 4 N–H and O–H groups in total. The van der Waals surface area contributed by atoms with Gasteiger partial charge in [-0.05, 0) is 110 Å². The van der Waals surface area contributed by atoms with E-state index in [1.165, 1.54) is 6.42 Å². The van der Waals surface area contributed by atoms with Crippen molar-refractivity contribution in [2.75, 3.05) is 60.8 Å². The number of nitrogens with one attached hydrogen (secondary N) is 4. The monoisotopic (exact) mass is 981 g/mol. The maximum Gasteiger partial charge on any atom is 0.410 e. The average molecular weight is 983 g/mol. The molecule has 17 nitrogen and oxygen atoms in total. The number of para-hydroxylation sites is 1. The van der Waals surface area contributed by atoms with Gasteiger partial charge in [-0.2, -0.15) is 10.2 Å². The van der Waals surface area contributed by atoms with E-state index in [1.54, 1.807) is 63.1 Å². The first-order chi connectivity index (χ1) is 34.6. The summed E-state index contributed by atoms with van der Waals surface area (Å²) >= 11 is 5.92. The maximum absolute atomic E-state index is 12.6. The Morgan fingerprint density at radius 1 is 0.620 bits per heavy atom. The van der Waals surface area contributed by atoms with Crippen LogP contribution in [0, 0.1) is 0 Å².